The number of benzene rings is 2. The van der Waals surface area contributed by atoms with Gasteiger partial charge in [0, 0.05) is 17.1 Å². The maximum atomic E-state index is 12.6. The Labute approximate surface area is 160 Å². The Kier molecular flexibility index (Phi) is 5.28. The second-order valence-electron chi connectivity index (χ2n) is 6.05. The molecule has 0 aromatic heterocycles. The van der Waals surface area contributed by atoms with Crippen LogP contribution in [-0.2, 0) is 14.4 Å². The van der Waals surface area contributed by atoms with E-state index in [4.69, 9.17) is 16.7 Å². The van der Waals surface area contributed by atoms with Crippen molar-refractivity contribution in [3.8, 4) is 0 Å². The fourth-order valence-corrected chi connectivity index (χ4v) is 3.20. The average molecular weight is 386 g/mol. The summed E-state index contributed by atoms with van der Waals surface area (Å²) >= 11 is 5.92. The number of amides is 1. The highest BCUT2D eigenvalue weighted by atomic mass is 35.5. The van der Waals surface area contributed by atoms with Crippen molar-refractivity contribution in [1.29, 1.82) is 0 Å². The van der Waals surface area contributed by atoms with Gasteiger partial charge in [-0.05, 0) is 17.7 Å². The minimum atomic E-state index is -1.09. The molecule has 1 atom stereocenters. The number of likely N-dealkylation sites (tertiary alicyclic amines) is 1. The van der Waals surface area contributed by atoms with E-state index in [0.717, 1.165) is 0 Å². The van der Waals surface area contributed by atoms with Crippen molar-refractivity contribution < 1.29 is 24.6 Å². The Morgan fingerprint density at radius 3 is 2.22 bits per heavy atom. The number of aliphatic hydroxyl groups is 1. The molecular weight excluding hydrogens is 370 g/mol. The second kappa shape index (κ2) is 7.63. The third kappa shape index (κ3) is 3.71. The molecule has 0 bridgehead atoms. The molecule has 2 N–H and O–H groups in total. The lowest BCUT2D eigenvalue weighted by Crippen LogP contribution is -2.31. The summed E-state index contributed by atoms with van der Waals surface area (Å²) in [5.74, 6) is -3.07. The van der Waals surface area contributed by atoms with Gasteiger partial charge in [0.05, 0.1) is 18.0 Å². The number of halogens is 1. The molecule has 1 saturated heterocycles. The first-order valence-electron chi connectivity index (χ1n) is 8.21. The molecule has 2 aromatic carbocycles. The van der Waals surface area contributed by atoms with Gasteiger partial charge < -0.3 is 15.1 Å². The van der Waals surface area contributed by atoms with Gasteiger partial charge in [-0.15, -0.1) is 0 Å². The van der Waals surface area contributed by atoms with Crippen LogP contribution in [0.5, 0.6) is 0 Å². The SMILES string of the molecule is O=C(O)CCN1C(=O)C(=O)/C(=C(/O)c2ccccc2)[C@@H]1c1ccc(Cl)cc1. The van der Waals surface area contributed by atoms with E-state index >= 15 is 0 Å². The molecule has 3 rings (SSSR count). The molecule has 1 heterocycles. The quantitative estimate of drug-likeness (QED) is 0.468. The topological polar surface area (TPSA) is 94.9 Å². The number of carbonyl (C=O) groups is 3. The molecule has 138 valence electrons. The van der Waals surface area contributed by atoms with Crippen molar-refractivity contribution in [2.45, 2.75) is 12.5 Å². The average Bonchev–Trinajstić information content (AvgIpc) is 2.91. The Hall–Kier alpha value is -3.12. The van der Waals surface area contributed by atoms with Crippen LogP contribution in [0.2, 0.25) is 5.02 Å². The van der Waals surface area contributed by atoms with Crippen LogP contribution >= 0.6 is 11.6 Å². The molecule has 27 heavy (non-hydrogen) atoms. The van der Waals surface area contributed by atoms with Crippen LogP contribution in [0.25, 0.3) is 5.76 Å². The summed E-state index contributed by atoms with van der Waals surface area (Å²) in [4.78, 5) is 37.3. The van der Waals surface area contributed by atoms with Crippen LogP contribution in [0.4, 0.5) is 0 Å². The summed E-state index contributed by atoms with van der Waals surface area (Å²) < 4.78 is 0. The lowest BCUT2D eigenvalue weighted by Gasteiger charge is -2.24. The van der Waals surface area contributed by atoms with E-state index in [-0.39, 0.29) is 24.3 Å². The monoisotopic (exact) mass is 385 g/mol. The number of ketones is 1. The zero-order chi connectivity index (χ0) is 19.6. The van der Waals surface area contributed by atoms with Crippen molar-refractivity contribution in [3.63, 3.8) is 0 Å². The number of rotatable bonds is 5. The number of aliphatic hydroxyl groups excluding tert-OH is 1. The molecule has 2 aromatic rings. The maximum absolute atomic E-state index is 12.6. The summed E-state index contributed by atoms with van der Waals surface area (Å²) in [6.07, 6.45) is -0.317. The predicted octanol–water partition coefficient (Wildman–Crippen LogP) is 3.24. The molecular formula is C20H16ClNO5. The molecule has 0 radical (unpaired) electrons. The van der Waals surface area contributed by atoms with E-state index in [2.05, 4.69) is 0 Å². The van der Waals surface area contributed by atoms with Crippen molar-refractivity contribution in [1.82, 2.24) is 4.90 Å². The number of hydrogen-bond acceptors (Lipinski definition) is 4. The van der Waals surface area contributed by atoms with Gasteiger partial charge in [-0.1, -0.05) is 54.1 Å². The molecule has 1 fully saturated rings. The van der Waals surface area contributed by atoms with Crippen molar-refractivity contribution in [2.75, 3.05) is 6.54 Å². The minimum absolute atomic E-state index is 0.0705. The number of nitrogens with zero attached hydrogens (tertiary/aromatic N) is 1. The van der Waals surface area contributed by atoms with Crippen LogP contribution in [0.3, 0.4) is 0 Å². The van der Waals surface area contributed by atoms with Gasteiger partial charge in [0.2, 0.25) is 0 Å². The third-order valence-electron chi connectivity index (χ3n) is 4.34. The van der Waals surface area contributed by atoms with E-state index in [1.807, 2.05) is 0 Å². The van der Waals surface area contributed by atoms with Gasteiger partial charge in [-0.2, -0.15) is 0 Å². The lowest BCUT2D eigenvalue weighted by molar-refractivity contribution is -0.142. The summed E-state index contributed by atoms with van der Waals surface area (Å²) in [7, 11) is 0. The van der Waals surface area contributed by atoms with Gasteiger partial charge in [0.15, 0.2) is 0 Å². The maximum Gasteiger partial charge on any atom is 0.305 e. The predicted molar refractivity (Wildman–Crippen MR) is 99.2 cm³/mol. The molecule has 0 spiro atoms. The van der Waals surface area contributed by atoms with Crippen molar-refractivity contribution in [3.05, 3.63) is 76.3 Å². The Morgan fingerprint density at radius 1 is 1.00 bits per heavy atom. The molecule has 1 aliphatic heterocycles. The highest BCUT2D eigenvalue weighted by molar-refractivity contribution is 6.46. The first kappa shape index (κ1) is 18.7. The Morgan fingerprint density at radius 2 is 1.63 bits per heavy atom. The minimum Gasteiger partial charge on any atom is -0.507 e. The summed E-state index contributed by atoms with van der Waals surface area (Å²) in [5, 5.41) is 20.2. The van der Waals surface area contributed by atoms with Gasteiger partial charge in [-0.3, -0.25) is 14.4 Å². The highest BCUT2D eigenvalue weighted by Crippen LogP contribution is 2.39. The number of carboxylic acid groups (broad SMARTS) is 1. The highest BCUT2D eigenvalue weighted by Gasteiger charge is 2.45. The standard InChI is InChI=1S/C20H16ClNO5/c21-14-8-6-12(7-9-14)17-16(18(25)13-4-2-1-3-5-13)19(26)20(27)22(17)11-10-15(23)24/h1-9,17,25H,10-11H2,(H,23,24)/b18-16+/t17-/m0/s1. The zero-order valence-electron chi connectivity index (χ0n) is 14.1. The molecule has 1 aliphatic rings. The first-order valence-corrected chi connectivity index (χ1v) is 8.59. The van der Waals surface area contributed by atoms with Crippen LogP contribution in [0, 0.1) is 0 Å². The van der Waals surface area contributed by atoms with E-state index in [0.29, 0.717) is 16.1 Å². The van der Waals surface area contributed by atoms with Crippen LogP contribution in [-0.4, -0.2) is 39.3 Å². The molecule has 0 saturated carbocycles. The fraction of sp³-hybridized carbons (Fsp3) is 0.150. The largest absolute Gasteiger partial charge is 0.507 e. The smallest absolute Gasteiger partial charge is 0.305 e. The summed E-state index contributed by atoms with van der Waals surface area (Å²) in [6.45, 7) is -0.154. The molecule has 1 amide bonds. The van der Waals surface area contributed by atoms with E-state index in [1.54, 1.807) is 54.6 Å². The molecule has 0 aliphatic carbocycles. The zero-order valence-corrected chi connectivity index (χ0v) is 14.9. The Balaban J connectivity index is 2.14. The van der Waals surface area contributed by atoms with Crippen molar-refractivity contribution in [2.24, 2.45) is 0 Å². The van der Waals surface area contributed by atoms with E-state index in [9.17, 15) is 19.5 Å². The third-order valence-corrected chi connectivity index (χ3v) is 4.59. The van der Waals surface area contributed by atoms with Crippen molar-refractivity contribution >= 4 is 35.0 Å². The lowest BCUT2D eigenvalue weighted by atomic mass is 9.95. The first-order chi connectivity index (χ1) is 12.9. The number of hydrogen-bond donors (Lipinski definition) is 2. The normalized spacial score (nSPS) is 18.7. The fourth-order valence-electron chi connectivity index (χ4n) is 3.07. The van der Waals surface area contributed by atoms with Crippen LogP contribution < -0.4 is 0 Å². The molecule has 6 nitrogen and oxygen atoms in total. The van der Waals surface area contributed by atoms with Gasteiger partial charge >= 0.3 is 5.97 Å². The Bertz CT molecular complexity index is 921. The van der Waals surface area contributed by atoms with Gasteiger partial charge in [-0.25, -0.2) is 0 Å². The van der Waals surface area contributed by atoms with Crippen LogP contribution in [0.15, 0.2) is 60.2 Å². The number of Topliss-reactive ketones (excluding diaryl/α,β-unsaturated/α-hetero) is 1. The van der Waals surface area contributed by atoms with Gasteiger partial charge in [0.25, 0.3) is 11.7 Å². The summed E-state index contributed by atoms with van der Waals surface area (Å²) in [6, 6.07) is 14.0. The molecule has 7 heteroatoms. The van der Waals surface area contributed by atoms with Crippen LogP contribution in [0.1, 0.15) is 23.6 Å². The second-order valence-corrected chi connectivity index (χ2v) is 6.49. The summed E-state index contributed by atoms with van der Waals surface area (Å²) in [5.41, 5.74) is 0.882. The number of aliphatic carboxylic acids is 1. The number of carboxylic acids is 1. The van der Waals surface area contributed by atoms with E-state index in [1.165, 1.54) is 4.90 Å². The molecule has 0 unspecified atom stereocenters. The van der Waals surface area contributed by atoms with Gasteiger partial charge in [0.1, 0.15) is 5.76 Å². The van der Waals surface area contributed by atoms with E-state index < -0.39 is 23.7 Å². The number of carbonyl (C=O) groups excluding carboxylic acids is 2.